The van der Waals surface area contributed by atoms with Gasteiger partial charge < -0.3 is 16.0 Å². The predicted octanol–water partition coefficient (Wildman–Crippen LogP) is 3.77. The molecule has 3 N–H and O–H groups in total. The first-order valence-corrected chi connectivity index (χ1v) is 8.40. The monoisotopic (exact) mass is 430 g/mol. The summed E-state index contributed by atoms with van der Waals surface area (Å²) in [5.74, 6) is 1.35. The number of hydrogen-bond donors (Lipinski definition) is 2. The van der Waals surface area contributed by atoms with Gasteiger partial charge in [-0.25, -0.2) is 0 Å². The highest BCUT2D eigenvalue weighted by atomic mass is 127. The van der Waals surface area contributed by atoms with Gasteiger partial charge in [-0.05, 0) is 75.4 Å². The van der Waals surface area contributed by atoms with E-state index in [0.29, 0.717) is 5.96 Å². The van der Waals surface area contributed by atoms with Crippen LogP contribution < -0.4 is 11.1 Å². The quantitative estimate of drug-likeness (QED) is 0.324. The highest BCUT2D eigenvalue weighted by Crippen LogP contribution is 2.15. The molecule has 1 unspecified atom stereocenters. The predicted molar refractivity (Wildman–Crippen MR) is 111 cm³/mol. The number of guanidine groups is 1. The zero-order chi connectivity index (χ0) is 15.9. The lowest BCUT2D eigenvalue weighted by atomic mass is 10.0. The van der Waals surface area contributed by atoms with E-state index in [1.807, 2.05) is 0 Å². The van der Waals surface area contributed by atoms with Crippen molar-refractivity contribution < 1.29 is 0 Å². The molecule has 1 aliphatic rings. The Morgan fingerprint density at radius 3 is 2.65 bits per heavy atom. The molecule has 0 aromatic heterocycles. The Morgan fingerprint density at radius 1 is 1.30 bits per heavy atom. The third-order valence-electron chi connectivity index (χ3n) is 4.15. The highest BCUT2D eigenvalue weighted by Gasteiger charge is 2.15. The molecule has 4 nitrogen and oxygen atoms in total. The van der Waals surface area contributed by atoms with E-state index < -0.39 is 0 Å². The lowest BCUT2D eigenvalue weighted by Crippen LogP contribution is -2.35. The molecule has 0 saturated carbocycles. The minimum absolute atomic E-state index is 0. The van der Waals surface area contributed by atoms with Gasteiger partial charge >= 0.3 is 0 Å². The van der Waals surface area contributed by atoms with Crippen LogP contribution in [-0.2, 0) is 0 Å². The Balaban J connectivity index is 0.00000264. The van der Waals surface area contributed by atoms with Crippen LogP contribution in [0.25, 0.3) is 0 Å². The first-order chi connectivity index (χ1) is 10.5. The summed E-state index contributed by atoms with van der Waals surface area (Å²) >= 11 is 0. The van der Waals surface area contributed by atoms with Crippen LogP contribution >= 0.6 is 24.0 Å². The second kappa shape index (κ2) is 10.1. The molecule has 0 spiro atoms. The molecule has 0 bridgehead atoms. The summed E-state index contributed by atoms with van der Waals surface area (Å²) in [6.45, 7) is 10.9. The first-order valence-electron chi connectivity index (χ1n) is 8.40. The third-order valence-corrected chi connectivity index (χ3v) is 4.15. The lowest BCUT2D eigenvalue weighted by molar-refractivity contribution is 0.183. The van der Waals surface area contributed by atoms with Gasteiger partial charge in [-0.15, -0.1) is 24.0 Å². The molecule has 0 radical (unpaired) electrons. The Bertz CT molecular complexity index is 495. The van der Waals surface area contributed by atoms with Crippen molar-refractivity contribution in [1.82, 2.24) is 4.90 Å². The van der Waals surface area contributed by atoms with Crippen LogP contribution in [-0.4, -0.2) is 37.0 Å². The first kappa shape index (κ1) is 20.2. The number of hydrogen-bond acceptors (Lipinski definition) is 2. The fraction of sp³-hybridized carbons (Fsp3) is 0.611. The number of halogens is 1. The Hall–Kier alpha value is -0.820. The molecule has 1 aromatic carbocycles. The van der Waals surface area contributed by atoms with Crippen molar-refractivity contribution in [2.75, 3.05) is 31.5 Å². The van der Waals surface area contributed by atoms with Gasteiger partial charge in [0.2, 0.25) is 0 Å². The van der Waals surface area contributed by atoms with E-state index >= 15 is 0 Å². The molecule has 2 rings (SSSR count). The molecule has 5 heteroatoms. The Kier molecular flexibility index (Phi) is 8.91. The number of nitrogens with two attached hydrogens (primary N) is 1. The normalized spacial score (nSPS) is 19.3. The molecule has 23 heavy (non-hydrogen) atoms. The molecular weight excluding hydrogens is 399 g/mol. The van der Waals surface area contributed by atoms with Crippen LogP contribution in [0.3, 0.4) is 0 Å². The zero-order valence-electron chi connectivity index (χ0n) is 14.6. The molecule has 1 heterocycles. The molecule has 0 amide bonds. The van der Waals surface area contributed by atoms with Crippen LogP contribution in [0.5, 0.6) is 0 Å². The molecule has 1 atom stereocenters. The summed E-state index contributed by atoms with van der Waals surface area (Å²) in [4.78, 5) is 6.99. The molecular formula is C18H31IN4. The largest absolute Gasteiger partial charge is 0.370 e. The van der Waals surface area contributed by atoms with E-state index in [4.69, 9.17) is 5.73 Å². The average Bonchev–Trinajstić information content (AvgIpc) is 2.42. The molecule has 130 valence electrons. The van der Waals surface area contributed by atoms with Crippen LogP contribution in [0.4, 0.5) is 5.69 Å². The fourth-order valence-corrected chi connectivity index (χ4v) is 3.22. The van der Waals surface area contributed by atoms with Gasteiger partial charge in [-0.2, -0.15) is 0 Å². The summed E-state index contributed by atoms with van der Waals surface area (Å²) in [6.07, 6.45) is 3.78. The van der Waals surface area contributed by atoms with Crippen LogP contribution in [0, 0.1) is 19.8 Å². The number of aryl methyl sites for hydroxylation is 2. The smallest absolute Gasteiger partial charge is 0.193 e. The summed E-state index contributed by atoms with van der Waals surface area (Å²) < 4.78 is 0. The maximum absolute atomic E-state index is 5.97. The number of likely N-dealkylation sites (tertiary alicyclic amines) is 1. The van der Waals surface area contributed by atoms with E-state index in [1.54, 1.807) is 0 Å². The maximum Gasteiger partial charge on any atom is 0.193 e. The number of nitrogens with zero attached hydrogens (tertiary/aromatic N) is 2. The molecule has 1 saturated heterocycles. The number of benzene rings is 1. The summed E-state index contributed by atoms with van der Waals surface area (Å²) in [5, 5.41) is 3.18. The standard InChI is InChI=1S/C18H30N4.HI/c1-14-6-4-8-22(13-14)9-5-7-20-18(19)21-17-11-15(2)10-16(3)12-17;/h10-12,14H,4-9,13H2,1-3H3,(H3,19,20,21);1H. The molecule has 1 aromatic rings. The van der Waals surface area contributed by atoms with Crippen molar-refractivity contribution >= 4 is 35.6 Å². The van der Waals surface area contributed by atoms with Crippen molar-refractivity contribution in [3.05, 3.63) is 29.3 Å². The summed E-state index contributed by atoms with van der Waals surface area (Å²) in [7, 11) is 0. The van der Waals surface area contributed by atoms with Crippen LogP contribution in [0.2, 0.25) is 0 Å². The highest BCUT2D eigenvalue weighted by molar-refractivity contribution is 14.0. The zero-order valence-corrected chi connectivity index (χ0v) is 17.0. The number of piperidine rings is 1. The van der Waals surface area contributed by atoms with Gasteiger partial charge in [0.05, 0.1) is 0 Å². The topological polar surface area (TPSA) is 53.6 Å². The number of nitrogens with one attached hydrogen (secondary N) is 1. The van der Waals surface area contributed by atoms with E-state index in [1.165, 1.54) is 37.1 Å². The second-order valence-corrected chi connectivity index (χ2v) is 6.67. The SMILES string of the molecule is Cc1cc(C)cc(NC(N)=NCCCN2CCCC(C)C2)c1.I. The van der Waals surface area contributed by atoms with Crippen LogP contribution in [0.15, 0.2) is 23.2 Å². The van der Waals surface area contributed by atoms with Crippen molar-refractivity contribution in [2.45, 2.75) is 40.0 Å². The third kappa shape index (κ3) is 7.52. The van der Waals surface area contributed by atoms with Crippen molar-refractivity contribution in [2.24, 2.45) is 16.6 Å². The van der Waals surface area contributed by atoms with Gasteiger partial charge in [0.15, 0.2) is 5.96 Å². The molecule has 1 aliphatic heterocycles. The van der Waals surface area contributed by atoms with Gasteiger partial charge in [0.25, 0.3) is 0 Å². The van der Waals surface area contributed by atoms with Crippen LogP contribution in [0.1, 0.15) is 37.3 Å². The Morgan fingerprint density at radius 2 is 2.00 bits per heavy atom. The van der Waals surface area contributed by atoms with E-state index in [-0.39, 0.29) is 24.0 Å². The van der Waals surface area contributed by atoms with E-state index in [0.717, 1.165) is 31.1 Å². The number of anilines is 1. The fourth-order valence-electron chi connectivity index (χ4n) is 3.22. The minimum Gasteiger partial charge on any atom is -0.370 e. The van der Waals surface area contributed by atoms with Gasteiger partial charge in [-0.3, -0.25) is 4.99 Å². The molecule has 0 aliphatic carbocycles. The summed E-state index contributed by atoms with van der Waals surface area (Å²) in [5.41, 5.74) is 9.45. The Labute approximate surface area is 157 Å². The lowest BCUT2D eigenvalue weighted by Gasteiger charge is -2.30. The van der Waals surface area contributed by atoms with Crippen molar-refractivity contribution in [3.8, 4) is 0 Å². The van der Waals surface area contributed by atoms with Crippen molar-refractivity contribution in [1.29, 1.82) is 0 Å². The van der Waals surface area contributed by atoms with E-state index in [2.05, 4.69) is 54.2 Å². The molecule has 1 fully saturated rings. The van der Waals surface area contributed by atoms with Gasteiger partial charge in [0.1, 0.15) is 0 Å². The minimum atomic E-state index is 0. The van der Waals surface area contributed by atoms with Gasteiger partial charge in [-0.1, -0.05) is 13.0 Å². The van der Waals surface area contributed by atoms with E-state index in [9.17, 15) is 0 Å². The second-order valence-electron chi connectivity index (χ2n) is 6.67. The van der Waals surface area contributed by atoms with Gasteiger partial charge in [0, 0.05) is 18.8 Å². The average molecular weight is 430 g/mol. The number of rotatable bonds is 5. The summed E-state index contributed by atoms with van der Waals surface area (Å²) in [6, 6.07) is 6.33. The number of aliphatic imine (C=N–C) groups is 1. The van der Waals surface area contributed by atoms with Crippen molar-refractivity contribution in [3.63, 3.8) is 0 Å². The maximum atomic E-state index is 5.97.